The number of aromatic nitrogens is 2. The van der Waals surface area contributed by atoms with Crippen molar-refractivity contribution in [2.24, 2.45) is 0 Å². The predicted octanol–water partition coefficient (Wildman–Crippen LogP) is 2.04. The zero-order valence-electron chi connectivity index (χ0n) is 11.1. The minimum Gasteiger partial charge on any atom is -0.451 e. The Bertz CT molecular complexity index is 660. The van der Waals surface area contributed by atoms with Gasteiger partial charge in [0.25, 0.3) is 5.91 Å². The van der Waals surface area contributed by atoms with E-state index in [2.05, 4.69) is 14.9 Å². The third-order valence-corrected chi connectivity index (χ3v) is 3.31. The fourth-order valence-electron chi connectivity index (χ4n) is 1.54. The molecular weight excluding hydrogens is 297 g/mol. The number of carbonyl (C=O) groups is 2. The number of hydrogen-bond acceptors (Lipinski definition) is 6. The van der Waals surface area contributed by atoms with Crippen LogP contribution in [0.2, 0.25) is 0 Å². The molecule has 0 radical (unpaired) electrons. The summed E-state index contributed by atoms with van der Waals surface area (Å²) >= 11 is 0.913. The first kappa shape index (κ1) is 15.0. The van der Waals surface area contributed by atoms with Crippen LogP contribution in [-0.2, 0) is 16.0 Å². The van der Waals surface area contributed by atoms with E-state index in [9.17, 15) is 14.0 Å². The first-order valence-electron chi connectivity index (χ1n) is 6.14. The molecule has 0 saturated carbocycles. The van der Waals surface area contributed by atoms with Gasteiger partial charge in [0.2, 0.25) is 0 Å². The molecule has 0 aliphatic carbocycles. The molecule has 1 aromatic carbocycles. The molecule has 21 heavy (non-hydrogen) atoms. The lowest BCUT2D eigenvalue weighted by Gasteiger charge is -2.06. The number of aryl methyl sites for hydroxylation is 1. The van der Waals surface area contributed by atoms with Gasteiger partial charge in [-0.2, -0.15) is 0 Å². The van der Waals surface area contributed by atoms with Crippen molar-refractivity contribution in [3.8, 4) is 0 Å². The molecule has 110 valence electrons. The Balaban J connectivity index is 1.90. The minimum atomic E-state index is -0.662. The van der Waals surface area contributed by atoms with Crippen LogP contribution >= 0.6 is 11.5 Å². The van der Waals surface area contributed by atoms with Crippen LogP contribution in [0.25, 0.3) is 0 Å². The lowest BCUT2D eigenvalue weighted by atomic mass is 10.3. The molecule has 0 unspecified atom stereocenters. The molecule has 0 spiro atoms. The molecule has 1 heterocycles. The van der Waals surface area contributed by atoms with E-state index in [1.54, 1.807) is 6.07 Å². The van der Waals surface area contributed by atoms with E-state index in [0.29, 0.717) is 12.1 Å². The van der Waals surface area contributed by atoms with Gasteiger partial charge in [0.15, 0.2) is 11.5 Å². The van der Waals surface area contributed by atoms with Crippen LogP contribution in [0.5, 0.6) is 0 Å². The summed E-state index contributed by atoms with van der Waals surface area (Å²) in [6.45, 7) is 1.33. The molecule has 0 bridgehead atoms. The van der Waals surface area contributed by atoms with Crippen LogP contribution in [0.15, 0.2) is 24.3 Å². The predicted molar refractivity (Wildman–Crippen MR) is 74.6 cm³/mol. The van der Waals surface area contributed by atoms with E-state index in [1.807, 2.05) is 6.92 Å². The van der Waals surface area contributed by atoms with Gasteiger partial charge in [-0.15, -0.1) is 5.10 Å². The second kappa shape index (κ2) is 6.89. The Morgan fingerprint density at radius 2 is 2.14 bits per heavy atom. The standard InChI is InChI=1S/C13H12FN3O3S/c1-2-9-12(21-17-16-9)13(19)20-7-11(18)15-10-6-4-3-5-8(10)14/h3-6H,2,7H2,1H3,(H,15,18). The number of nitrogens with one attached hydrogen (secondary N) is 1. The molecule has 2 rings (SSSR count). The van der Waals surface area contributed by atoms with Gasteiger partial charge in [-0.25, -0.2) is 9.18 Å². The van der Waals surface area contributed by atoms with Gasteiger partial charge in [0.1, 0.15) is 5.82 Å². The van der Waals surface area contributed by atoms with Crippen LogP contribution in [0.1, 0.15) is 22.3 Å². The average molecular weight is 309 g/mol. The van der Waals surface area contributed by atoms with E-state index in [4.69, 9.17) is 4.74 Å². The number of nitrogens with zero attached hydrogens (tertiary/aromatic N) is 2. The largest absolute Gasteiger partial charge is 0.451 e. The topological polar surface area (TPSA) is 81.2 Å². The Hall–Kier alpha value is -2.35. The van der Waals surface area contributed by atoms with Crippen molar-refractivity contribution in [3.63, 3.8) is 0 Å². The van der Waals surface area contributed by atoms with Crippen molar-refractivity contribution in [2.75, 3.05) is 11.9 Å². The van der Waals surface area contributed by atoms with Gasteiger partial charge in [-0.05, 0) is 30.1 Å². The molecule has 1 aromatic heterocycles. The zero-order valence-corrected chi connectivity index (χ0v) is 11.9. The normalized spacial score (nSPS) is 10.2. The van der Waals surface area contributed by atoms with Crippen LogP contribution in [0, 0.1) is 5.82 Å². The summed E-state index contributed by atoms with van der Waals surface area (Å²) < 4.78 is 21.9. The highest BCUT2D eigenvalue weighted by molar-refractivity contribution is 7.07. The van der Waals surface area contributed by atoms with Gasteiger partial charge in [-0.3, -0.25) is 4.79 Å². The van der Waals surface area contributed by atoms with E-state index in [0.717, 1.165) is 11.5 Å². The molecule has 0 aliphatic rings. The number of hydrogen-bond donors (Lipinski definition) is 1. The quantitative estimate of drug-likeness (QED) is 0.855. The summed E-state index contributed by atoms with van der Waals surface area (Å²) in [7, 11) is 0. The molecule has 1 N–H and O–H groups in total. The Kier molecular flexibility index (Phi) is 4.94. The number of halogens is 1. The van der Waals surface area contributed by atoms with Crippen LogP contribution in [0.4, 0.5) is 10.1 Å². The summed E-state index contributed by atoms with van der Waals surface area (Å²) in [5, 5.41) is 6.10. The van der Waals surface area contributed by atoms with Gasteiger partial charge in [-0.1, -0.05) is 23.5 Å². The maximum absolute atomic E-state index is 13.3. The number of rotatable bonds is 5. The highest BCUT2D eigenvalue weighted by Gasteiger charge is 2.18. The number of anilines is 1. The summed E-state index contributed by atoms with van der Waals surface area (Å²) in [5.41, 5.74) is 0.562. The van der Waals surface area contributed by atoms with Gasteiger partial charge in [0, 0.05) is 0 Å². The van der Waals surface area contributed by atoms with Crippen molar-refractivity contribution in [2.45, 2.75) is 13.3 Å². The molecule has 8 heteroatoms. The number of esters is 1. The minimum absolute atomic E-state index is 0.0345. The van der Waals surface area contributed by atoms with E-state index in [1.165, 1.54) is 18.2 Å². The monoisotopic (exact) mass is 309 g/mol. The maximum atomic E-state index is 13.3. The third kappa shape index (κ3) is 3.82. The molecule has 0 aliphatic heterocycles. The van der Waals surface area contributed by atoms with Crippen molar-refractivity contribution in [3.05, 3.63) is 40.7 Å². The van der Waals surface area contributed by atoms with Crippen molar-refractivity contribution < 1.29 is 18.7 Å². The number of ether oxygens (including phenoxy) is 1. The average Bonchev–Trinajstić information content (AvgIpc) is 2.96. The lowest BCUT2D eigenvalue weighted by molar-refractivity contribution is -0.119. The molecule has 0 fully saturated rings. The summed E-state index contributed by atoms with van der Waals surface area (Å²) in [4.78, 5) is 23.6. The number of benzene rings is 1. The highest BCUT2D eigenvalue weighted by atomic mass is 32.1. The van der Waals surface area contributed by atoms with Crippen molar-refractivity contribution >= 4 is 29.1 Å². The fraction of sp³-hybridized carbons (Fsp3) is 0.231. The van der Waals surface area contributed by atoms with Gasteiger partial charge < -0.3 is 10.1 Å². The second-order valence-corrected chi connectivity index (χ2v) is 4.76. The molecular formula is C13H12FN3O3S. The zero-order chi connectivity index (χ0) is 15.2. The maximum Gasteiger partial charge on any atom is 0.352 e. The molecule has 6 nitrogen and oxygen atoms in total. The van der Waals surface area contributed by atoms with Gasteiger partial charge >= 0.3 is 5.97 Å². The molecule has 0 saturated heterocycles. The molecule has 1 amide bonds. The van der Waals surface area contributed by atoms with E-state index in [-0.39, 0.29) is 10.6 Å². The smallest absolute Gasteiger partial charge is 0.352 e. The van der Waals surface area contributed by atoms with Crippen LogP contribution < -0.4 is 5.32 Å². The Morgan fingerprint density at radius 3 is 2.86 bits per heavy atom. The number of amides is 1. The fourth-order valence-corrected chi connectivity index (χ4v) is 2.19. The lowest BCUT2D eigenvalue weighted by Crippen LogP contribution is -2.21. The van der Waals surface area contributed by atoms with Gasteiger partial charge in [0.05, 0.1) is 11.4 Å². The highest BCUT2D eigenvalue weighted by Crippen LogP contribution is 2.14. The molecule has 2 aromatic rings. The van der Waals surface area contributed by atoms with E-state index < -0.39 is 24.3 Å². The first-order valence-corrected chi connectivity index (χ1v) is 6.92. The van der Waals surface area contributed by atoms with Crippen LogP contribution in [0.3, 0.4) is 0 Å². The number of carbonyl (C=O) groups excluding carboxylic acids is 2. The van der Waals surface area contributed by atoms with Crippen molar-refractivity contribution in [1.29, 1.82) is 0 Å². The third-order valence-electron chi connectivity index (χ3n) is 2.56. The summed E-state index contributed by atoms with van der Waals surface area (Å²) in [6, 6.07) is 5.73. The van der Waals surface area contributed by atoms with Crippen molar-refractivity contribution in [1.82, 2.24) is 9.59 Å². The SMILES string of the molecule is CCc1nnsc1C(=O)OCC(=O)Nc1ccccc1F. The Morgan fingerprint density at radius 1 is 1.38 bits per heavy atom. The summed E-state index contributed by atoms with van der Waals surface area (Å²) in [6.07, 6.45) is 0.544. The Labute approximate surface area is 124 Å². The van der Waals surface area contributed by atoms with E-state index >= 15 is 0 Å². The summed E-state index contributed by atoms with van der Waals surface area (Å²) in [5.74, 6) is -1.84. The second-order valence-electron chi connectivity index (χ2n) is 4.01. The number of para-hydroxylation sites is 1. The molecule has 0 atom stereocenters. The van der Waals surface area contributed by atoms with Crippen LogP contribution in [-0.4, -0.2) is 28.1 Å². The first-order chi connectivity index (χ1) is 10.1.